The number of carbonyl (C=O) groups is 3. The van der Waals surface area contributed by atoms with Gasteiger partial charge in [0.1, 0.15) is 6.54 Å². The molecule has 2 amide bonds. The maximum atomic E-state index is 13.1. The van der Waals surface area contributed by atoms with Crippen molar-refractivity contribution in [1.82, 2.24) is 5.32 Å². The van der Waals surface area contributed by atoms with Gasteiger partial charge in [-0.1, -0.05) is 40.5 Å². The van der Waals surface area contributed by atoms with Gasteiger partial charge >= 0.3 is 5.97 Å². The predicted octanol–water partition coefficient (Wildman–Crippen LogP) is 3.41. The normalized spacial score (nSPS) is 14.5. The summed E-state index contributed by atoms with van der Waals surface area (Å²) < 4.78 is 5.47. The van der Waals surface area contributed by atoms with E-state index in [1.54, 1.807) is 24.3 Å². The molecule has 1 fully saturated rings. The van der Waals surface area contributed by atoms with Gasteiger partial charge in [-0.05, 0) is 48.7 Å². The first kappa shape index (κ1) is 20.1. The van der Waals surface area contributed by atoms with Crippen LogP contribution >= 0.6 is 15.9 Å². The molecule has 0 radical (unpaired) electrons. The first-order chi connectivity index (χ1) is 13.4. The molecule has 28 heavy (non-hydrogen) atoms. The topological polar surface area (TPSA) is 84.5 Å². The zero-order valence-electron chi connectivity index (χ0n) is 15.5. The van der Waals surface area contributed by atoms with E-state index in [0.29, 0.717) is 11.3 Å². The Bertz CT molecular complexity index is 892. The molecule has 0 aromatic heterocycles. The van der Waals surface area contributed by atoms with E-state index in [9.17, 15) is 14.4 Å². The summed E-state index contributed by atoms with van der Waals surface area (Å²) in [6.07, 6.45) is 2.58. The van der Waals surface area contributed by atoms with Crippen LogP contribution in [0, 0.1) is 0 Å². The van der Waals surface area contributed by atoms with Crippen molar-refractivity contribution in [3.63, 3.8) is 0 Å². The number of methoxy groups -OCH3 is 1. The molecule has 0 aliphatic heterocycles. The predicted molar refractivity (Wildman–Crippen MR) is 109 cm³/mol. The number of benzene rings is 2. The molecule has 1 aliphatic rings. The Labute approximate surface area is 171 Å². The van der Waals surface area contributed by atoms with Crippen LogP contribution in [-0.2, 0) is 19.7 Å². The summed E-state index contributed by atoms with van der Waals surface area (Å²) in [5, 5.41) is 5.43. The summed E-state index contributed by atoms with van der Waals surface area (Å²) in [6, 6.07) is 14.5. The summed E-state index contributed by atoms with van der Waals surface area (Å²) in [5.74, 6) is -1.01. The van der Waals surface area contributed by atoms with Gasteiger partial charge in [0.2, 0.25) is 5.91 Å². The lowest BCUT2D eigenvalue weighted by molar-refractivity contribution is -0.139. The average molecular weight is 445 g/mol. The first-order valence-corrected chi connectivity index (χ1v) is 9.76. The maximum absolute atomic E-state index is 13.1. The minimum absolute atomic E-state index is 0.0757. The molecule has 0 heterocycles. The second-order valence-electron chi connectivity index (χ2n) is 6.74. The molecule has 1 aliphatic carbocycles. The second-order valence-corrected chi connectivity index (χ2v) is 7.65. The van der Waals surface area contributed by atoms with Gasteiger partial charge in [-0.25, -0.2) is 0 Å². The Kier molecular flexibility index (Phi) is 6.14. The minimum atomic E-state index is -0.538. The van der Waals surface area contributed by atoms with Crippen molar-refractivity contribution in [1.29, 1.82) is 0 Å². The van der Waals surface area contributed by atoms with Crippen LogP contribution in [0.1, 0.15) is 35.2 Å². The van der Waals surface area contributed by atoms with Gasteiger partial charge in [-0.3, -0.25) is 14.4 Å². The number of hydrogen-bond donors (Lipinski definition) is 2. The highest BCUT2D eigenvalue weighted by atomic mass is 79.9. The summed E-state index contributed by atoms with van der Waals surface area (Å²) in [5.41, 5.74) is 1.35. The number of amides is 2. The molecule has 0 bridgehead atoms. The van der Waals surface area contributed by atoms with Crippen molar-refractivity contribution in [2.24, 2.45) is 0 Å². The molecule has 146 valence electrons. The van der Waals surface area contributed by atoms with Gasteiger partial charge in [0.15, 0.2) is 0 Å². The molecule has 0 spiro atoms. The third-order valence-corrected chi connectivity index (χ3v) is 5.57. The van der Waals surface area contributed by atoms with E-state index in [1.807, 2.05) is 24.3 Å². The fourth-order valence-electron chi connectivity index (χ4n) is 3.26. The van der Waals surface area contributed by atoms with E-state index in [0.717, 1.165) is 29.3 Å². The van der Waals surface area contributed by atoms with Crippen LogP contribution in [0.2, 0.25) is 0 Å². The second kappa shape index (κ2) is 8.56. The zero-order valence-corrected chi connectivity index (χ0v) is 17.0. The van der Waals surface area contributed by atoms with Crippen molar-refractivity contribution in [3.8, 4) is 0 Å². The molecule has 2 aromatic rings. The van der Waals surface area contributed by atoms with Crippen LogP contribution in [0.5, 0.6) is 0 Å². The lowest BCUT2D eigenvalue weighted by Gasteiger charge is -2.40. The smallest absolute Gasteiger partial charge is 0.325 e. The average Bonchev–Trinajstić information content (AvgIpc) is 2.66. The molecule has 2 aromatic carbocycles. The molecule has 0 unspecified atom stereocenters. The molecule has 0 atom stereocenters. The van der Waals surface area contributed by atoms with E-state index < -0.39 is 17.3 Å². The Hall–Kier alpha value is -2.67. The molecule has 2 N–H and O–H groups in total. The number of nitrogens with one attached hydrogen (secondary N) is 2. The summed E-state index contributed by atoms with van der Waals surface area (Å²) in [4.78, 5) is 36.4. The van der Waals surface area contributed by atoms with Gasteiger partial charge < -0.3 is 15.4 Å². The SMILES string of the molecule is COC(=O)CNC(=O)c1cccc(NC(=O)C2(c3ccc(Br)cc3)CCC2)c1. The van der Waals surface area contributed by atoms with Crippen molar-refractivity contribution >= 4 is 39.4 Å². The minimum Gasteiger partial charge on any atom is -0.468 e. The lowest BCUT2D eigenvalue weighted by atomic mass is 9.64. The highest BCUT2D eigenvalue weighted by Crippen LogP contribution is 2.44. The third-order valence-electron chi connectivity index (χ3n) is 5.04. The van der Waals surface area contributed by atoms with Crippen molar-refractivity contribution in [3.05, 3.63) is 64.1 Å². The molecule has 7 heteroatoms. The summed E-state index contributed by atoms with van der Waals surface area (Å²) >= 11 is 3.42. The van der Waals surface area contributed by atoms with E-state index >= 15 is 0 Å². The van der Waals surface area contributed by atoms with Crippen molar-refractivity contribution in [2.45, 2.75) is 24.7 Å². The molecule has 3 rings (SSSR count). The van der Waals surface area contributed by atoms with Crippen LogP contribution in [0.25, 0.3) is 0 Å². The number of esters is 1. The summed E-state index contributed by atoms with van der Waals surface area (Å²) in [7, 11) is 1.26. The number of hydrogen-bond acceptors (Lipinski definition) is 4. The van der Waals surface area contributed by atoms with Crippen molar-refractivity contribution < 1.29 is 19.1 Å². The maximum Gasteiger partial charge on any atom is 0.325 e. The Morgan fingerprint density at radius 2 is 1.82 bits per heavy atom. The van der Waals surface area contributed by atoms with Crippen LogP contribution in [0.4, 0.5) is 5.69 Å². The Morgan fingerprint density at radius 3 is 2.43 bits per heavy atom. The van der Waals surface area contributed by atoms with Crippen LogP contribution in [0.3, 0.4) is 0 Å². The van der Waals surface area contributed by atoms with Gasteiger partial charge in [0.05, 0.1) is 12.5 Å². The van der Waals surface area contributed by atoms with Crippen molar-refractivity contribution in [2.75, 3.05) is 19.0 Å². The van der Waals surface area contributed by atoms with Crippen LogP contribution < -0.4 is 10.6 Å². The molecule has 6 nitrogen and oxygen atoms in total. The van der Waals surface area contributed by atoms with Gasteiger partial charge in [-0.2, -0.15) is 0 Å². The third kappa shape index (κ3) is 4.25. The fourth-order valence-corrected chi connectivity index (χ4v) is 3.53. The van der Waals surface area contributed by atoms with Crippen LogP contribution in [-0.4, -0.2) is 31.4 Å². The largest absolute Gasteiger partial charge is 0.468 e. The van der Waals surface area contributed by atoms with E-state index in [2.05, 4.69) is 31.3 Å². The molecule has 1 saturated carbocycles. The van der Waals surface area contributed by atoms with E-state index in [-0.39, 0.29) is 12.5 Å². The number of halogens is 1. The molecule has 0 saturated heterocycles. The van der Waals surface area contributed by atoms with E-state index in [1.165, 1.54) is 7.11 Å². The van der Waals surface area contributed by atoms with Gasteiger partial charge in [0, 0.05) is 15.7 Å². The van der Waals surface area contributed by atoms with Gasteiger partial charge in [0.25, 0.3) is 5.91 Å². The monoisotopic (exact) mass is 444 g/mol. The quantitative estimate of drug-likeness (QED) is 0.668. The highest BCUT2D eigenvalue weighted by molar-refractivity contribution is 9.10. The Morgan fingerprint density at radius 1 is 1.11 bits per heavy atom. The molecular formula is C21H21BrN2O4. The van der Waals surface area contributed by atoms with E-state index in [4.69, 9.17) is 0 Å². The number of carbonyl (C=O) groups excluding carboxylic acids is 3. The summed E-state index contributed by atoms with van der Waals surface area (Å²) in [6.45, 7) is -0.210. The number of anilines is 1. The fraction of sp³-hybridized carbons (Fsp3) is 0.286. The Balaban J connectivity index is 1.72. The zero-order chi connectivity index (χ0) is 20.1. The lowest BCUT2D eigenvalue weighted by Crippen LogP contribution is -2.46. The highest BCUT2D eigenvalue weighted by Gasteiger charge is 2.45. The molecular weight excluding hydrogens is 424 g/mol. The number of rotatable bonds is 6. The van der Waals surface area contributed by atoms with Gasteiger partial charge in [-0.15, -0.1) is 0 Å². The first-order valence-electron chi connectivity index (χ1n) is 8.97. The van der Waals surface area contributed by atoms with Crippen LogP contribution in [0.15, 0.2) is 53.0 Å². The standard InChI is InChI=1S/C21H21BrN2O4/c1-28-18(25)13-23-19(26)14-4-2-5-17(12-14)24-20(27)21(10-3-11-21)15-6-8-16(22)9-7-15/h2,4-9,12H,3,10-11,13H2,1H3,(H,23,26)(H,24,27). The number of ether oxygens (including phenoxy) is 1.